The predicted octanol–water partition coefficient (Wildman–Crippen LogP) is 2.60. The lowest BCUT2D eigenvalue weighted by Crippen LogP contribution is -2.29. The number of benzene rings is 1. The van der Waals surface area contributed by atoms with Gasteiger partial charge in [-0.1, -0.05) is 6.07 Å². The summed E-state index contributed by atoms with van der Waals surface area (Å²) in [6, 6.07) is 8.21. The van der Waals surface area contributed by atoms with Crippen LogP contribution in [0.25, 0.3) is 11.0 Å². The minimum Gasteiger partial charge on any atom is -0.325 e. The predicted molar refractivity (Wildman–Crippen MR) is 77.2 cm³/mol. The summed E-state index contributed by atoms with van der Waals surface area (Å²) in [4.78, 5) is 6.66. The summed E-state index contributed by atoms with van der Waals surface area (Å²) in [6.07, 6.45) is 0. The largest absolute Gasteiger partial charge is 0.325 e. The first-order valence-electron chi connectivity index (χ1n) is 6.19. The van der Waals surface area contributed by atoms with Crippen molar-refractivity contribution in [3.8, 4) is 6.07 Å². The highest BCUT2D eigenvalue weighted by Crippen LogP contribution is 2.21. The van der Waals surface area contributed by atoms with E-state index in [0.717, 1.165) is 23.4 Å². The van der Waals surface area contributed by atoms with Crippen LogP contribution in [-0.2, 0) is 12.4 Å². The van der Waals surface area contributed by atoms with Gasteiger partial charge < -0.3 is 9.47 Å². The van der Waals surface area contributed by atoms with Crippen molar-refractivity contribution in [3.63, 3.8) is 0 Å². The molecule has 1 aromatic heterocycles. The normalized spacial score (nSPS) is 12.8. The second-order valence-electron chi connectivity index (χ2n) is 4.87. The van der Waals surface area contributed by atoms with Crippen LogP contribution in [0.15, 0.2) is 18.2 Å². The Hall–Kier alpha value is -1.57. The molecule has 0 amide bonds. The summed E-state index contributed by atoms with van der Waals surface area (Å²) in [5, 5.41) is 9.14. The Bertz CT molecular complexity index is 624. The van der Waals surface area contributed by atoms with Gasteiger partial charge in [-0.3, -0.25) is 0 Å². The third-order valence-electron chi connectivity index (χ3n) is 3.43. The highest BCUT2D eigenvalue weighted by Gasteiger charge is 2.15. The summed E-state index contributed by atoms with van der Waals surface area (Å²) in [5.74, 6) is 1.16. The van der Waals surface area contributed by atoms with Gasteiger partial charge in [0.1, 0.15) is 17.4 Å². The van der Waals surface area contributed by atoms with Crippen LogP contribution in [0.4, 0.5) is 0 Å². The van der Waals surface area contributed by atoms with E-state index in [-0.39, 0.29) is 0 Å². The molecule has 5 heteroatoms. The van der Waals surface area contributed by atoms with Crippen molar-refractivity contribution >= 4 is 22.6 Å². The number of hydrogen-bond acceptors (Lipinski definition) is 3. The van der Waals surface area contributed by atoms with Crippen molar-refractivity contribution in [2.45, 2.75) is 25.4 Å². The van der Waals surface area contributed by atoms with Crippen LogP contribution in [-0.4, -0.2) is 34.6 Å². The average Bonchev–Trinajstić information content (AvgIpc) is 2.76. The molecule has 0 saturated carbocycles. The Morgan fingerprint density at radius 3 is 2.79 bits per heavy atom. The fourth-order valence-electron chi connectivity index (χ4n) is 2.02. The molecule has 0 radical (unpaired) electrons. The van der Waals surface area contributed by atoms with Gasteiger partial charge in [-0.25, -0.2) is 4.98 Å². The number of nitrogens with zero attached hydrogens (tertiary/aromatic N) is 4. The van der Waals surface area contributed by atoms with Crippen molar-refractivity contribution in [2.75, 3.05) is 14.1 Å². The molecule has 100 valence electrons. The van der Waals surface area contributed by atoms with Crippen LogP contribution in [0, 0.1) is 11.3 Å². The highest BCUT2D eigenvalue weighted by molar-refractivity contribution is 6.16. The summed E-state index contributed by atoms with van der Waals surface area (Å²) >= 11 is 5.98. The molecular formula is C14H17ClN4. The Labute approximate surface area is 118 Å². The Morgan fingerprint density at radius 1 is 1.47 bits per heavy atom. The zero-order valence-corrected chi connectivity index (χ0v) is 12.1. The van der Waals surface area contributed by atoms with Gasteiger partial charge in [-0.05, 0) is 33.2 Å². The van der Waals surface area contributed by atoms with Crippen LogP contribution in [0.5, 0.6) is 0 Å². The molecule has 1 heterocycles. The lowest BCUT2D eigenvalue weighted by atomic mass is 10.2. The molecule has 0 aliphatic heterocycles. The Morgan fingerprint density at radius 2 is 2.21 bits per heavy atom. The smallest absolute Gasteiger partial charge is 0.124 e. The van der Waals surface area contributed by atoms with Gasteiger partial charge in [-0.2, -0.15) is 5.26 Å². The van der Waals surface area contributed by atoms with Crippen molar-refractivity contribution in [2.24, 2.45) is 0 Å². The molecule has 2 aromatic rings. The molecular weight excluding hydrogens is 260 g/mol. The third-order valence-corrected chi connectivity index (χ3v) is 3.67. The van der Waals surface area contributed by atoms with Gasteiger partial charge in [0.25, 0.3) is 0 Å². The number of para-hydroxylation sites is 1. The van der Waals surface area contributed by atoms with Crippen LogP contribution in [0.1, 0.15) is 18.3 Å². The van der Waals surface area contributed by atoms with E-state index in [1.54, 1.807) is 6.07 Å². The van der Waals surface area contributed by atoms with Crippen molar-refractivity contribution in [1.82, 2.24) is 14.5 Å². The molecule has 0 fully saturated rings. The van der Waals surface area contributed by atoms with Crippen LogP contribution in [0.2, 0.25) is 0 Å². The zero-order valence-electron chi connectivity index (χ0n) is 11.4. The highest BCUT2D eigenvalue weighted by atomic mass is 35.5. The summed E-state index contributed by atoms with van der Waals surface area (Å²) in [5.41, 5.74) is 2.31. The van der Waals surface area contributed by atoms with Gasteiger partial charge in [0.2, 0.25) is 0 Å². The Balaban J connectivity index is 2.56. The minimum atomic E-state index is 0.347. The molecule has 0 N–H and O–H groups in total. The monoisotopic (exact) mass is 276 g/mol. The summed E-state index contributed by atoms with van der Waals surface area (Å²) < 4.78 is 2.10. The third kappa shape index (κ3) is 2.58. The van der Waals surface area contributed by atoms with Crippen LogP contribution in [0.3, 0.4) is 0 Å². The number of halogens is 1. The van der Waals surface area contributed by atoms with E-state index < -0.39 is 0 Å². The molecule has 0 aliphatic carbocycles. The molecule has 0 bridgehead atoms. The minimum absolute atomic E-state index is 0.347. The van der Waals surface area contributed by atoms with Gasteiger partial charge in [0.15, 0.2) is 0 Å². The van der Waals surface area contributed by atoms with Crippen LogP contribution < -0.4 is 0 Å². The van der Waals surface area contributed by atoms with E-state index in [0.29, 0.717) is 17.5 Å². The van der Waals surface area contributed by atoms with Crippen LogP contribution >= 0.6 is 11.6 Å². The fourth-order valence-corrected chi connectivity index (χ4v) is 2.22. The van der Waals surface area contributed by atoms with E-state index >= 15 is 0 Å². The van der Waals surface area contributed by atoms with Gasteiger partial charge in [-0.15, -0.1) is 11.6 Å². The second kappa shape index (κ2) is 5.60. The number of likely N-dealkylation sites (N-methyl/N-ethyl adjacent to an activating group) is 1. The van der Waals surface area contributed by atoms with E-state index in [1.165, 1.54) is 0 Å². The van der Waals surface area contributed by atoms with E-state index in [2.05, 4.69) is 27.4 Å². The molecule has 0 spiro atoms. The molecule has 4 nitrogen and oxygen atoms in total. The van der Waals surface area contributed by atoms with E-state index in [9.17, 15) is 0 Å². The molecule has 0 saturated heterocycles. The maximum Gasteiger partial charge on any atom is 0.124 e. The number of rotatable bonds is 4. The van der Waals surface area contributed by atoms with Gasteiger partial charge in [0, 0.05) is 12.6 Å². The maximum absolute atomic E-state index is 9.14. The first kappa shape index (κ1) is 13.9. The van der Waals surface area contributed by atoms with Crippen molar-refractivity contribution in [1.29, 1.82) is 5.26 Å². The average molecular weight is 277 g/mol. The number of aromatic nitrogens is 2. The molecule has 0 aliphatic rings. The summed E-state index contributed by atoms with van der Waals surface area (Å²) in [6.45, 7) is 2.96. The number of hydrogen-bond donors (Lipinski definition) is 0. The SMILES string of the molecule is CC(Cn1c(CCl)nc2c(C#N)cccc21)N(C)C. The van der Waals surface area contributed by atoms with Gasteiger partial charge >= 0.3 is 0 Å². The first-order valence-corrected chi connectivity index (χ1v) is 6.72. The number of nitriles is 1. The maximum atomic E-state index is 9.14. The quantitative estimate of drug-likeness (QED) is 0.807. The number of imidazole rings is 1. The molecule has 1 atom stereocenters. The number of fused-ring (bicyclic) bond motifs is 1. The number of alkyl halides is 1. The zero-order chi connectivity index (χ0) is 14.0. The van der Waals surface area contributed by atoms with Gasteiger partial charge in [0.05, 0.1) is 17.0 Å². The summed E-state index contributed by atoms with van der Waals surface area (Å²) in [7, 11) is 4.09. The lowest BCUT2D eigenvalue weighted by Gasteiger charge is -2.21. The van der Waals surface area contributed by atoms with E-state index in [1.807, 2.05) is 26.2 Å². The molecule has 1 aromatic carbocycles. The molecule has 2 rings (SSSR count). The molecule has 19 heavy (non-hydrogen) atoms. The second-order valence-corrected chi connectivity index (χ2v) is 5.14. The van der Waals surface area contributed by atoms with Crippen molar-refractivity contribution in [3.05, 3.63) is 29.6 Å². The first-order chi connectivity index (χ1) is 9.08. The lowest BCUT2D eigenvalue weighted by molar-refractivity contribution is 0.284. The fraction of sp³-hybridized carbons (Fsp3) is 0.429. The van der Waals surface area contributed by atoms with E-state index in [4.69, 9.17) is 16.9 Å². The Kier molecular flexibility index (Phi) is 4.08. The van der Waals surface area contributed by atoms with Crippen molar-refractivity contribution < 1.29 is 0 Å². The standard InChI is InChI=1S/C14H17ClN4/c1-10(18(2)3)9-19-12-6-4-5-11(8-16)14(12)17-13(19)7-15/h4-6,10H,7,9H2,1-3H3. The molecule has 1 unspecified atom stereocenters. The topological polar surface area (TPSA) is 44.9 Å².